The van der Waals surface area contributed by atoms with Crippen LogP contribution in [0.1, 0.15) is 159 Å². The summed E-state index contributed by atoms with van der Waals surface area (Å²) in [7, 11) is 0. The van der Waals surface area contributed by atoms with Crippen molar-refractivity contribution >= 4 is 17.9 Å². The third kappa shape index (κ3) is 15.2. The Morgan fingerprint density at radius 1 is 0.543 bits per heavy atom. The number of esters is 3. The molecule has 5 fully saturated rings. The Bertz CT molecular complexity index is 1590. The van der Waals surface area contributed by atoms with Crippen molar-refractivity contribution in [1.82, 2.24) is 0 Å². The van der Waals surface area contributed by atoms with Crippen LogP contribution in [0.5, 0.6) is 0 Å². The molecule has 5 heterocycles. The monoisotopic (exact) mass is 1010 g/mol. The highest BCUT2D eigenvalue weighted by molar-refractivity contribution is 5.72. The van der Waals surface area contributed by atoms with E-state index in [1.807, 2.05) is 0 Å². The van der Waals surface area contributed by atoms with E-state index in [-0.39, 0.29) is 12.5 Å². The Morgan fingerprint density at radius 3 is 1.74 bits per heavy atom. The van der Waals surface area contributed by atoms with Crippen molar-refractivity contribution < 1.29 is 97.1 Å². The Balaban J connectivity index is 1.50. The van der Waals surface area contributed by atoms with Gasteiger partial charge in [-0.2, -0.15) is 0 Å². The van der Waals surface area contributed by atoms with E-state index in [9.17, 15) is 45.0 Å². The predicted octanol–water partition coefficient (Wildman–Crippen LogP) is 3.60. The molecule has 0 aromatic carbocycles. The number of aliphatic hydroxyl groups excluding tert-OH is 6. The summed E-state index contributed by atoms with van der Waals surface area (Å²) in [6, 6.07) is 0. The van der Waals surface area contributed by atoms with E-state index in [1.165, 1.54) is 20.8 Å². The Kier molecular flexibility index (Phi) is 23.4. The van der Waals surface area contributed by atoms with Crippen molar-refractivity contribution in [2.75, 3.05) is 0 Å². The molecular formula is C50H86O20. The fraction of sp³-hybridized carbons (Fsp3) is 0.940. The third-order valence-corrected chi connectivity index (χ3v) is 14.6. The lowest BCUT2D eigenvalue weighted by atomic mass is 9.96. The van der Waals surface area contributed by atoms with Gasteiger partial charge in [0.25, 0.3) is 0 Å². The van der Waals surface area contributed by atoms with Gasteiger partial charge in [-0.1, -0.05) is 92.4 Å². The fourth-order valence-electron chi connectivity index (χ4n) is 9.42. The standard InChI is InChI=1S/C50H86O20/c1-10-13-19-22-31-23-20-17-15-14-16-18-21-24-32(51)65-41-35(54)29(8)62-50(69-42-36(55)33(52)27(6)61-48(42)64-31)44(41)70-49-43(67-46(59)26(5)12-3)37(56)39(30(9)63-49)68-47-38(57)40(34(53)28(7)60-47)66-45(58)25(4)11-2/h25-31,33-44,47-50,52-57H,10-24H2,1-9H3/t25-,26-,27+,28+,29+,30-,31+,33+,34-,35+,36-,37+,38+,39-,40-,41-,42+,43+,44+,47-,48-,49-,50-/m0/s1. The van der Waals surface area contributed by atoms with Gasteiger partial charge in [0, 0.05) is 6.42 Å². The lowest BCUT2D eigenvalue weighted by Gasteiger charge is -2.50. The molecular weight excluding hydrogens is 921 g/mol. The van der Waals surface area contributed by atoms with Crippen LogP contribution in [0, 0.1) is 11.8 Å². The number of fused-ring (bicyclic) bond motifs is 3. The first-order chi connectivity index (χ1) is 33.3. The summed E-state index contributed by atoms with van der Waals surface area (Å²) in [5.41, 5.74) is 0. The number of ether oxygens (including phenoxy) is 11. The molecule has 0 amide bonds. The summed E-state index contributed by atoms with van der Waals surface area (Å²) in [5.74, 6) is -3.24. The second kappa shape index (κ2) is 27.9. The SMILES string of the molecule is CCCCC[C@@H]1CCCCCCCCCC(=O)O[C@H]2[C@H](O)[C@@H](C)O[C@@H](O[C@H]3[C@H](O1)O[C@H](C)[C@@H](O)[C@@H]3O)[C@@H]2O[C@@H]1O[C@@H](C)[C@H](O[C@@H]2O[C@H](C)[C@H](O)[C@H](OC(=O)[C@@H](C)CC)[C@H]2O)[C@@H](O)[C@H]1OC(=O)[C@@H](C)CC. The zero-order valence-corrected chi connectivity index (χ0v) is 42.8. The minimum absolute atomic E-state index is 0.0254. The van der Waals surface area contributed by atoms with Crippen LogP contribution in [0.25, 0.3) is 0 Å². The van der Waals surface area contributed by atoms with Crippen molar-refractivity contribution in [3.8, 4) is 0 Å². The van der Waals surface area contributed by atoms with Crippen LogP contribution in [0.3, 0.4) is 0 Å². The van der Waals surface area contributed by atoms with E-state index in [0.29, 0.717) is 19.3 Å². The molecule has 5 rings (SSSR count). The second-order valence-electron chi connectivity index (χ2n) is 20.2. The van der Waals surface area contributed by atoms with Crippen LogP contribution in [0.15, 0.2) is 0 Å². The average Bonchev–Trinajstić information content (AvgIpc) is 3.33. The molecule has 70 heavy (non-hydrogen) atoms. The maximum atomic E-state index is 13.7. The number of hydrogen-bond donors (Lipinski definition) is 6. The highest BCUT2D eigenvalue weighted by Crippen LogP contribution is 2.38. The van der Waals surface area contributed by atoms with Crippen LogP contribution < -0.4 is 0 Å². The van der Waals surface area contributed by atoms with E-state index >= 15 is 0 Å². The number of carbonyl (C=O) groups is 3. The topological polar surface area (TPSA) is 274 Å². The van der Waals surface area contributed by atoms with Crippen LogP contribution in [-0.4, -0.2) is 177 Å². The van der Waals surface area contributed by atoms with Crippen LogP contribution in [-0.2, 0) is 66.5 Å². The Labute approximate surface area is 413 Å². The predicted molar refractivity (Wildman–Crippen MR) is 247 cm³/mol. The molecule has 5 aliphatic heterocycles. The zero-order chi connectivity index (χ0) is 51.4. The summed E-state index contributed by atoms with van der Waals surface area (Å²) >= 11 is 0. The summed E-state index contributed by atoms with van der Waals surface area (Å²) in [6.07, 6.45) is -17.9. The summed E-state index contributed by atoms with van der Waals surface area (Å²) in [5, 5.41) is 69.3. The van der Waals surface area contributed by atoms with Gasteiger partial charge in [0.15, 0.2) is 49.6 Å². The van der Waals surface area contributed by atoms with Crippen LogP contribution >= 0.6 is 0 Å². The maximum absolute atomic E-state index is 13.7. The molecule has 6 N–H and O–H groups in total. The van der Waals surface area contributed by atoms with Crippen molar-refractivity contribution in [3.63, 3.8) is 0 Å². The lowest BCUT2D eigenvalue weighted by molar-refractivity contribution is -0.397. The summed E-state index contributed by atoms with van der Waals surface area (Å²) in [4.78, 5) is 40.1. The molecule has 406 valence electrons. The van der Waals surface area contributed by atoms with Crippen LogP contribution in [0.4, 0.5) is 0 Å². The smallest absolute Gasteiger partial charge is 0.309 e. The van der Waals surface area contributed by atoms with E-state index in [0.717, 1.165) is 70.6 Å². The number of hydrogen-bond acceptors (Lipinski definition) is 20. The minimum Gasteiger partial charge on any atom is -0.456 e. The second-order valence-corrected chi connectivity index (χ2v) is 20.2. The van der Waals surface area contributed by atoms with E-state index in [1.54, 1.807) is 34.6 Å². The Morgan fingerprint density at radius 2 is 1.10 bits per heavy atom. The largest absolute Gasteiger partial charge is 0.456 e. The summed E-state index contributed by atoms with van der Waals surface area (Å²) < 4.78 is 68.3. The van der Waals surface area contributed by atoms with E-state index in [2.05, 4.69) is 6.92 Å². The van der Waals surface area contributed by atoms with Gasteiger partial charge >= 0.3 is 17.9 Å². The van der Waals surface area contributed by atoms with Crippen molar-refractivity contribution in [2.24, 2.45) is 11.8 Å². The molecule has 0 aliphatic carbocycles. The molecule has 5 aliphatic rings. The van der Waals surface area contributed by atoms with Gasteiger partial charge in [-0.3, -0.25) is 14.4 Å². The first kappa shape index (κ1) is 58.7. The quantitative estimate of drug-likeness (QED) is 0.0824. The third-order valence-electron chi connectivity index (χ3n) is 14.6. The van der Waals surface area contributed by atoms with Gasteiger partial charge in [-0.15, -0.1) is 0 Å². The Hall–Kier alpha value is -2.15. The molecule has 0 spiro atoms. The lowest BCUT2D eigenvalue weighted by Crippen LogP contribution is -2.67. The average molecular weight is 1010 g/mol. The zero-order valence-electron chi connectivity index (χ0n) is 42.8. The van der Waals surface area contributed by atoms with Crippen molar-refractivity contribution in [1.29, 1.82) is 0 Å². The summed E-state index contributed by atoms with van der Waals surface area (Å²) in [6.45, 7) is 15.1. The van der Waals surface area contributed by atoms with Crippen LogP contribution in [0.2, 0.25) is 0 Å². The first-order valence-electron chi connectivity index (χ1n) is 26.2. The molecule has 20 nitrogen and oxygen atoms in total. The minimum atomic E-state index is -1.79. The number of unbranched alkanes of at least 4 members (excludes halogenated alkanes) is 2. The molecule has 23 atom stereocenters. The first-order valence-corrected chi connectivity index (χ1v) is 26.2. The van der Waals surface area contributed by atoms with E-state index in [4.69, 9.17) is 52.1 Å². The van der Waals surface area contributed by atoms with E-state index < -0.39 is 153 Å². The van der Waals surface area contributed by atoms with Gasteiger partial charge in [-0.05, 0) is 59.8 Å². The number of aliphatic hydroxyl groups is 6. The number of rotatable bonds is 14. The molecule has 0 aromatic rings. The normalized spacial score (nSPS) is 42.7. The van der Waals surface area contributed by atoms with Gasteiger partial charge in [-0.25, -0.2) is 0 Å². The van der Waals surface area contributed by atoms with Gasteiger partial charge in [0.05, 0.1) is 42.4 Å². The highest BCUT2D eigenvalue weighted by atomic mass is 16.8. The molecule has 0 aromatic heterocycles. The van der Waals surface area contributed by atoms with Gasteiger partial charge in [0.2, 0.25) is 0 Å². The molecule has 5 saturated heterocycles. The van der Waals surface area contributed by atoms with Crippen molar-refractivity contribution in [3.05, 3.63) is 0 Å². The van der Waals surface area contributed by atoms with Crippen molar-refractivity contribution in [2.45, 2.75) is 288 Å². The number of carbonyl (C=O) groups excluding carboxylic acids is 3. The molecule has 0 unspecified atom stereocenters. The van der Waals surface area contributed by atoms with Gasteiger partial charge in [0.1, 0.15) is 48.8 Å². The van der Waals surface area contributed by atoms with Gasteiger partial charge < -0.3 is 82.7 Å². The molecule has 0 saturated carbocycles. The molecule has 2 bridgehead atoms. The molecule has 0 radical (unpaired) electrons. The highest BCUT2D eigenvalue weighted by Gasteiger charge is 2.57. The fourth-order valence-corrected chi connectivity index (χ4v) is 9.42. The molecule has 20 heteroatoms. The maximum Gasteiger partial charge on any atom is 0.309 e.